The molecule has 3 rings (SSSR count). The summed E-state index contributed by atoms with van der Waals surface area (Å²) in [5.74, 6) is 0.561. The highest BCUT2D eigenvalue weighted by molar-refractivity contribution is 5.64. The summed E-state index contributed by atoms with van der Waals surface area (Å²) in [7, 11) is 3.10. The number of aromatic nitrogens is 4. The highest BCUT2D eigenvalue weighted by Gasteiger charge is 2.17. The number of alkyl halides is 2. The lowest BCUT2D eigenvalue weighted by Crippen LogP contribution is -2.24. The summed E-state index contributed by atoms with van der Waals surface area (Å²) < 4.78 is 46.2. The Kier molecular flexibility index (Phi) is 5.78. The van der Waals surface area contributed by atoms with Gasteiger partial charge < -0.3 is 15.4 Å². The molecule has 2 N–H and O–H groups in total. The van der Waals surface area contributed by atoms with Crippen LogP contribution in [0.2, 0.25) is 0 Å². The fourth-order valence-electron chi connectivity index (χ4n) is 2.50. The second-order valence-corrected chi connectivity index (χ2v) is 6.10. The fraction of sp³-hybridized carbons (Fsp3) is 0.278. The smallest absolute Gasteiger partial charge is 0.255 e. The average Bonchev–Trinajstić information content (AvgIpc) is 3.02. The van der Waals surface area contributed by atoms with Crippen LogP contribution in [0.4, 0.5) is 19.0 Å². The van der Waals surface area contributed by atoms with Gasteiger partial charge in [-0.1, -0.05) is 0 Å². The number of halogens is 3. The lowest BCUT2D eigenvalue weighted by molar-refractivity contribution is 0.156. The molecule has 0 aliphatic heterocycles. The van der Waals surface area contributed by atoms with Crippen molar-refractivity contribution in [3.05, 3.63) is 48.0 Å². The molecule has 0 saturated carbocycles. The van der Waals surface area contributed by atoms with Gasteiger partial charge in [-0.05, 0) is 12.1 Å². The first-order valence-electron chi connectivity index (χ1n) is 8.39. The molecule has 1 aromatic carbocycles. The topological polar surface area (TPSA) is 82.1 Å². The van der Waals surface area contributed by atoms with Gasteiger partial charge >= 0.3 is 0 Å². The van der Waals surface area contributed by atoms with Crippen LogP contribution < -0.4 is 15.4 Å². The third-order valence-electron chi connectivity index (χ3n) is 3.97. The van der Waals surface area contributed by atoms with Gasteiger partial charge in [-0.25, -0.2) is 27.8 Å². The van der Waals surface area contributed by atoms with E-state index >= 15 is 0 Å². The lowest BCUT2D eigenvalue weighted by Gasteiger charge is -2.14. The van der Waals surface area contributed by atoms with Crippen LogP contribution in [0.3, 0.4) is 0 Å². The summed E-state index contributed by atoms with van der Waals surface area (Å²) in [5, 5.41) is 4.15. The molecule has 0 radical (unpaired) electrons. The van der Waals surface area contributed by atoms with Crippen molar-refractivity contribution in [3.63, 3.8) is 0 Å². The van der Waals surface area contributed by atoms with Gasteiger partial charge in [-0.15, -0.1) is 0 Å². The van der Waals surface area contributed by atoms with E-state index in [1.165, 1.54) is 40.9 Å². The van der Waals surface area contributed by atoms with Gasteiger partial charge in [0.15, 0.2) is 11.6 Å². The first kappa shape index (κ1) is 19.6. The van der Waals surface area contributed by atoms with E-state index in [0.29, 0.717) is 23.8 Å². The van der Waals surface area contributed by atoms with Gasteiger partial charge in [0.2, 0.25) is 5.88 Å². The Balaban J connectivity index is 1.92. The highest BCUT2D eigenvalue weighted by atomic mass is 19.3. The number of nitrogens with two attached hydrogens (primary N) is 1. The minimum Gasteiger partial charge on any atom is -0.438 e. The maximum Gasteiger partial charge on any atom is 0.255 e. The molecular formula is C18H19F3N6O. The van der Waals surface area contributed by atoms with Crippen LogP contribution in [0.15, 0.2) is 36.7 Å². The maximum absolute atomic E-state index is 13.8. The molecule has 148 valence electrons. The Labute approximate surface area is 159 Å². The molecular weight excluding hydrogens is 373 g/mol. The number of anilines is 1. The third-order valence-corrected chi connectivity index (χ3v) is 3.97. The molecule has 7 nitrogen and oxygen atoms in total. The number of hydrogen-bond donors (Lipinski definition) is 1. The number of rotatable bonds is 7. The molecule has 0 atom stereocenters. The Bertz CT molecular complexity index is 945. The van der Waals surface area contributed by atoms with Crippen LogP contribution >= 0.6 is 0 Å². The third kappa shape index (κ3) is 4.39. The number of ether oxygens (including phenoxy) is 1. The molecule has 0 amide bonds. The summed E-state index contributed by atoms with van der Waals surface area (Å²) in [5.41, 5.74) is 6.77. The van der Waals surface area contributed by atoms with Crippen molar-refractivity contribution in [3.8, 4) is 23.0 Å². The van der Waals surface area contributed by atoms with E-state index in [1.807, 2.05) is 0 Å². The predicted octanol–water partition coefficient (Wildman–Crippen LogP) is 2.97. The molecule has 0 saturated heterocycles. The standard InChI is InChI=1S/C18H19F3N6O/c1-26(10-15(20)21)16-6-17(27(2)25-16)28-14-5-12(19)3-4-13(14)18-23-8-11(7-22)9-24-18/h3-6,8-9,15H,7,10,22H2,1-2H3. The second-order valence-electron chi connectivity index (χ2n) is 6.10. The molecule has 0 spiro atoms. The summed E-state index contributed by atoms with van der Waals surface area (Å²) >= 11 is 0. The zero-order valence-corrected chi connectivity index (χ0v) is 15.3. The molecule has 2 aromatic heterocycles. The lowest BCUT2D eigenvalue weighted by atomic mass is 10.1. The molecule has 0 bridgehead atoms. The van der Waals surface area contributed by atoms with Crippen LogP contribution in [0, 0.1) is 5.82 Å². The van der Waals surface area contributed by atoms with Crippen LogP contribution in [0.25, 0.3) is 11.4 Å². The minimum absolute atomic E-state index is 0.173. The van der Waals surface area contributed by atoms with E-state index in [0.717, 1.165) is 5.56 Å². The molecule has 0 aliphatic rings. The fourth-order valence-corrected chi connectivity index (χ4v) is 2.50. The molecule has 3 aromatic rings. The average molecular weight is 392 g/mol. The van der Waals surface area contributed by atoms with Crippen molar-refractivity contribution in [2.45, 2.75) is 13.0 Å². The number of benzene rings is 1. The van der Waals surface area contributed by atoms with Gasteiger partial charge in [-0.3, -0.25) is 0 Å². The van der Waals surface area contributed by atoms with Gasteiger partial charge in [0, 0.05) is 50.7 Å². The van der Waals surface area contributed by atoms with Gasteiger partial charge in [0.05, 0.1) is 12.1 Å². The van der Waals surface area contributed by atoms with Gasteiger partial charge in [-0.2, -0.15) is 5.10 Å². The quantitative estimate of drug-likeness (QED) is 0.666. The van der Waals surface area contributed by atoms with E-state index in [1.54, 1.807) is 19.4 Å². The Morgan fingerprint density at radius 2 is 1.93 bits per heavy atom. The zero-order valence-electron chi connectivity index (χ0n) is 15.3. The monoisotopic (exact) mass is 392 g/mol. The van der Waals surface area contributed by atoms with Gasteiger partial charge in [0.25, 0.3) is 6.43 Å². The normalized spacial score (nSPS) is 11.1. The number of aryl methyl sites for hydroxylation is 1. The minimum atomic E-state index is -2.50. The second kappa shape index (κ2) is 8.26. The molecule has 0 unspecified atom stereocenters. The van der Waals surface area contributed by atoms with Gasteiger partial charge in [0.1, 0.15) is 11.6 Å². The highest BCUT2D eigenvalue weighted by Crippen LogP contribution is 2.33. The van der Waals surface area contributed by atoms with Crippen molar-refractivity contribution >= 4 is 5.82 Å². The Hall–Kier alpha value is -3.14. The van der Waals surface area contributed by atoms with E-state index in [2.05, 4.69) is 15.1 Å². The van der Waals surface area contributed by atoms with Crippen molar-refractivity contribution in [1.82, 2.24) is 19.7 Å². The molecule has 10 heteroatoms. The van der Waals surface area contributed by atoms with E-state index < -0.39 is 18.8 Å². The van der Waals surface area contributed by atoms with Crippen molar-refractivity contribution < 1.29 is 17.9 Å². The molecule has 28 heavy (non-hydrogen) atoms. The number of hydrogen-bond acceptors (Lipinski definition) is 6. The van der Waals surface area contributed by atoms with Crippen LogP contribution in [-0.4, -0.2) is 39.8 Å². The predicted molar refractivity (Wildman–Crippen MR) is 97.9 cm³/mol. The van der Waals surface area contributed by atoms with Crippen LogP contribution in [0.1, 0.15) is 5.56 Å². The maximum atomic E-state index is 13.8. The SMILES string of the molecule is CN(CC(F)F)c1cc(Oc2cc(F)ccc2-c2ncc(CN)cn2)n(C)n1. The largest absolute Gasteiger partial charge is 0.438 e. The zero-order chi connectivity index (χ0) is 20.3. The van der Waals surface area contributed by atoms with Crippen LogP contribution in [0.5, 0.6) is 11.6 Å². The van der Waals surface area contributed by atoms with E-state index in [4.69, 9.17) is 10.5 Å². The Morgan fingerprint density at radius 3 is 2.57 bits per heavy atom. The van der Waals surface area contributed by atoms with E-state index in [-0.39, 0.29) is 11.6 Å². The molecule has 2 heterocycles. The Morgan fingerprint density at radius 1 is 1.21 bits per heavy atom. The van der Waals surface area contributed by atoms with Crippen molar-refractivity contribution in [2.24, 2.45) is 12.8 Å². The summed E-state index contributed by atoms with van der Waals surface area (Å²) in [6, 6.07) is 5.47. The summed E-state index contributed by atoms with van der Waals surface area (Å²) in [6.45, 7) is -0.167. The molecule has 0 aliphatic carbocycles. The number of nitrogens with zero attached hydrogens (tertiary/aromatic N) is 5. The van der Waals surface area contributed by atoms with Crippen molar-refractivity contribution in [2.75, 3.05) is 18.5 Å². The van der Waals surface area contributed by atoms with Crippen LogP contribution in [-0.2, 0) is 13.6 Å². The van der Waals surface area contributed by atoms with E-state index in [9.17, 15) is 13.2 Å². The van der Waals surface area contributed by atoms with Crippen molar-refractivity contribution in [1.29, 1.82) is 0 Å². The summed E-state index contributed by atoms with van der Waals surface area (Å²) in [4.78, 5) is 9.77. The molecule has 0 fully saturated rings. The summed E-state index contributed by atoms with van der Waals surface area (Å²) in [6.07, 6.45) is 0.660. The first-order valence-corrected chi connectivity index (χ1v) is 8.39. The first-order chi connectivity index (χ1) is 13.4.